The van der Waals surface area contributed by atoms with Crippen LogP contribution in [0.15, 0.2) is 164 Å². The summed E-state index contributed by atoms with van der Waals surface area (Å²) in [5, 5.41) is 6.52. The highest BCUT2D eigenvalue weighted by atomic mass is 32.1. The topological polar surface area (TPSA) is 0 Å². The summed E-state index contributed by atoms with van der Waals surface area (Å²) < 4.78 is 1.35. The Hall–Kier alpha value is -5.76. The Bertz CT molecular complexity index is 2780. The highest BCUT2D eigenvalue weighted by Gasteiger charge is 2.53. The van der Waals surface area contributed by atoms with E-state index in [1.807, 2.05) is 11.3 Å². The summed E-state index contributed by atoms with van der Waals surface area (Å²) in [7, 11) is 0. The van der Waals surface area contributed by atoms with Crippen molar-refractivity contribution in [3.05, 3.63) is 192 Å². The predicted octanol–water partition coefficient (Wildman–Crippen LogP) is 13.2. The highest BCUT2D eigenvalue weighted by Crippen LogP contribution is 2.67. The van der Waals surface area contributed by atoms with Crippen LogP contribution in [0, 0.1) is 6.92 Å². The summed E-state index contributed by atoms with van der Waals surface area (Å²) in [5.74, 6) is 0. The number of rotatable bonds is 2. The van der Waals surface area contributed by atoms with Crippen molar-refractivity contribution < 1.29 is 0 Å². The Balaban J connectivity index is 1.31. The molecular weight excluding hydrogens is 609 g/mol. The molecule has 1 heteroatoms. The molecule has 9 aromatic rings. The maximum atomic E-state index is 2.42. The Morgan fingerprint density at radius 3 is 1.59 bits per heavy atom. The molecule has 0 bridgehead atoms. The van der Waals surface area contributed by atoms with Crippen molar-refractivity contribution in [2.24, 2.45) is 0 Å². The maximum Gasteiger partial charge on any atom is 0.0740 e. The third-order valence-electron chi connectivity index (χ3n) is 11.2. The first-order valence-electron chi connectivity index (χ1n) is 17.1. The molecule has 49 heavy (non-hydrogen) atoms. The predicted molar refractivity (Wildman–Crippen MR) is 209 cm³/mol. The van der Waals surface area contributed by atoms with Crippen molar-refractivity contribution in [1.82, 2.24) is 0 Å². The van der Waals surface area contributed by atoms with Gasteiger partial charge < -0.3 is 0 Å². The quantitative estimate of drug-likeness (QED) is 0.165. The van der Waals surface area contributed by atoms with Gasteiger partial charge in [0.15, 0.2) is 0 Å². The molecule has 8 aromatic carbocycles. The van der Waals surface area contributed by atoms with Gasteiger partial charge in [-0.1, -0.05) is 163 Å². The van der Waals surface area contributed by atoms with Crippen molar-refractivity contribution in [2.75, 3.05) is 0 Å². The summed E-state index contributed by atoms with van der Waals surface area (Å²) in [4.78, 5) is 1.41. The molecule has 1 aromatic heterocycles. The van der Waals surface area contributed by atoms with E-state index in [0.29, 0.717) is 0 Å². The minimum absolute atomic E-state index is 0.388. The molecule has 0 aliphatic heterocycles. The van der Waals surface area contributed by atoms with E-state index in [1.165, 1.54) is 103 Å². The Labute approximate surface area is 289 Å². The molecule has 1 spiro atoms. The van der Waals surface area contributed by atoms with Gasteiger partial charge in [0.2, 0.25) is 0 Å². The molecule has 0 saturated heterocycles. The van der Waals surface area contributed by atoms with E-state index in [4.69, 9.17) is 0 Å². The van der Waals surface area contributed by atoms with E-state index in [-0.39, 0.29) is 5.41 Å². The molecule has 1 heterocycles. The van der Waals surface area contributed by atoms with Gasteiger partial charge in [0.1, 0.15) is 0 Å². The molecule has 11 rings (SSSR count). The molecule has 1 unspecified atom stereocenters. The number of aryl methyl sites for hydroxylation is 1. The van der Waals surface area contributed by atoms with Crippen molar-refractivity contribution in [3.63, 3.8) is 0 Å². The zero-order valence-corrected chi connectivity index (χ0v) is 27.8. The minimum Gasteiger partial charge on any atom is -0.135 e. The molecule has 0 N–H and O–H groups in total. The summed E-state index contributed by atoms with van der Waals surface area (Å²) in [5.41, 5.74) is 15.7. The number of hydrogen-bond acceptors (Lipinski definition) is 1. The Kier molecular flexibility index (Phi) is 5.49. The monoisotopic (exact) mass is 638 g/mol. The third kappa shape index (κ3) is 3.43. The fraction of sp³-hybridized carbons (Fsp3) is 0.0417. The van der Waals surface area contributed by atoms with Crippen molar-refractivity contribution in [2.45, 2.75) is 12.3 Å². The fourth-order valence-electron chi connectivity index (χ4n) is 9.30. The van der Waals surface area contributed by atoms with Crippen molar-refractivity contribution >= 4 is 43.0 Å². The second-order valence-electron chi connectivity index (χ2n) is 13.6. The smallest absolute Gasteiger partial charge is 0.0740 e. The fourth-order valence-corrected chi connectivity index (χ4v) is 10.6. The zero-order valence-electron chi connectivity index (χ0n) is 27.0. The molecule has 228 valence electrons. The molecule has 2 aliphatic carbocycles. The van der Waals surface area contributed by atoms with Gasteiger partial charge in [-0.25, -0.2) is 0 Å². The van der Waals surface area contributed by atoms with Crippen molar-refractivity contribution in [1.29, 1.82) is 0 Å². The molecule has 0 nitrogen and oxygen atoms in total. The van der Waals surface area contributed by atoms with Crippen LogP contribution >= 0.6 is 11.3 Å². The summed E-state index contributed by atoms with van der Waals surface area (Å²) in [6.07, 6.45) is 0. The first-order valence-corrected chi connectivity index (χ1v) is 17.9. The molecule has 0 saturated carbocycles. The summed E-state index contributed by atoms with van der Waals surface area (Å²) >= 11 is 1.94. The van der Waals surface area contributed by atoms with E-state index >= 15 is 0 Å². The largest absolute Gasteiger partial charge is 0.135 e. The van der Waals surface area contributed by atoms with Crippen LogP contribution in [-0.2, 0) is 5.41 Å². The second kappa shape index (κ2) is 9.89. The molecule has 0 radical (unpaired) electrons. The number of thiophene rings is 1. The lowest BCUT2D eigenvalue weighted by atomic mass is 9.70. The standard InChI is InChI=1S/C48H30S/c1-29-25-27-30(28-26-29)43-31-13-2-4-15-33(31)44(34-16-5-3-14-32(34)43)38-20-12-23-41-45(38)35-17-6-9-21-39(35)48(41)40-22-10-7-18-36(40)47-46(48)37-19-8-11-24-42(37)49-47/h2-28H,1H3. The first-order chi connectivity index (χ1) is 24.2. The third-order valence-corrected chi connectivity index (χ3v) is 12.4. The molecule has 0 fully saturated rings. The highest BCUT2D eigenvalue weighted by molar-refractivity contribution is 7.22. The van der Waals surface area contributed by atoms with Gasteiger partial charge in [0.25, 0.3) is 0 Å². The Morgan fingerprint density at radius 1 is 0.388 bits per heavy atom. The van der Waals surface area contributed by atoms with E-state index < -0.39 is 0 Å². The second-order valence-corrected chi connectivity index (χ2v) is 14.6. The molecule has 0 amide bonds. The average molecular weight is 639 g/mol. The molecular formula is C48H30S. The number of fused-ring (bicyclic) bond motifs is 14. The maximum absolute atomic E-state index is 2.42. The van der Waals surface area contributed by atoms with Crippen molar-refractivity contribution in [3.8, 4) is 43.8 Å². The van der Waals surface area contributed by atoms with Crippen LogP contribution in [0.3, 0.4) is 0 Å². The lowest BCUT2D eigenvalue weighted by molar-refractivity contribution is 0.803. The summed E-state index contributed by atoms with van der Waals surface area (Å²) in [6, 6.07) is 61.6. The zero-order chi connectivity index (χ0) is 32.3. The molecule has 2 aliphatic rings. The van der Waals surface area contributed by atoms with Gasteiger partial charge in [0.05, 0.1) is 5.41 Å². The van der Waals surface area contributed by atoms with Crippen LogP contribution in [0.4, 0.5) is 0 Å². The van der Waals surface area contributed by atoms with Crippen LogP contribution in [-0.4, -0.2) is 0 Å². The van der Waals surface area contributed by atoms with Gasteiger partial charge in [-0.2, -0.15) is 0 Å². The van der Waals surface area contributed by atoms with Gasteiger partial charge in [-0.15, -0.1) is 11.3 Å². The van der Waals surface area contributed by atoms with Crippen LogP contribution in [0.25, 0.3) is 75.5 Å². The average Bonchev–Trinajstić information content (AvgIpc) is 3.78. The van der Waals surface area contributed by atoms with Gasteiger partial charge in [0, 0.05) is 9.58 Å². The van der Waals surface area contributed by atoms with E-state index in [1.54, 1.807) is 0 Å². The Morgan fingerprint density at radius 2 is 0.898 bits per heavy atom. The SMILES string of the molecule is Cc1ccc(-c2c3ccccc3c(-c3cccc4c3-c3ccccc3C43c4ccccc4-c4sc5ccccc5c43)c3ccccc23)cc1. The molecule has 1 atom stereocenters. The normalized spacial score (nSPS) is 15.5. The van der Waals surface area contributed by atoms with Gasteiger partial charge in [-0.3, -0.25) is 0 Å². The summed E-state index contributed by atoms with van der Waals surface area (Å²) in [6.45, 7) is 2.16. The number of benzene rings is 8. The van der Waals surface area contributed by atoms with E-state index in [2.05, 4.69) is 171 Å². The van der Waals surface area contributed by atoms with E-state index in [0.717, 1.165) is 0 Å². The van der Waals surface area contributed by atoms with Gasteiger partial charge in [-0.05, 0) is 101 Å². The minimum atomic E-state index is -0.388. The first kappa shape index (κ1) is 27.2. The van der Waals surface area contributed by atoms with Crippen LogP contribution in [0.5, 0.6) is 0 Å². The van der Waals surface area contributed by atoms with E-state index in [9.17, 15) is 0 Å². The lowest BCUT2D eigenvalue weighted by Gasteiger charge is -2.30. The lowest BCUT2D eigenvalue weighted by Crippen LogP contribution is -2.25. The van der Waals surface area contributed by atoms with Gasteiger partial charge >= 0.3 is 0 Å². The van der Waals surface area contributed by atoms with Crippen LogP contribution in [0.2, 0.25) is 0 Å². The number of hydrogen-bond donors (Lipinski definition) is 0. The van der Waals surface area contributed by atoms with Crippen LogP contribution < -0.4 is 0 Å². The van der Waals surface area contributed by atoms with Crippen LogP contribution in [0.1, 0.15) is 27.8 Å².